The van der Waals surface area contributed by atoms with Gasteiger partial charge in [0.25, 0.3) is 15.7 Å². The summed E-state index contributed by atoms with van der Waals surface area (Å²) in [4.78, 5) is 18.4. The number of rotatable bonds is 4. The first-order valence-electron chi connectivity index (χ1n) is 8.26. The average molecular weight is 430 g/mol. The molecule has 0 amide bonds. The van der Waals surface area contributed by atoms with Gasteiger partial charge in [-0.2, -0.15) is 13.5 Å². The van der Waals surface area contributed by atoms with Crippen molar-refractivity contribution < 1.29 is 13.0 Å². The second kappa shape index (κ2) is 6.92. The Labute approximate surface area is 168 Å². The summed E-state index contributed by atoms with van der Waals surface area (Å²) in [5, 5.41) is 11.1. The summed E-state index contributed by atoms with van der Waals surface area (Å²) in [7, 11) is -4.31. The Bertz CT molecular complexity index is 1470. The molecule has 0 bridgehead atoms. The number of nitrogens with one attached hydrogen (secondary N) is 3. The summed E-state index contributed by atoms with van der Waals surface area (Å²) in [6.45, 7) is 1.67. The van der Waals surface area contributed by atoms with Crippen LogP contribution in [0.4, 0.5) is 11.4 Å². The quantitative estimate of drug-likeness (QED) is 0.221. The third-order valence-corrected chi connectivity index (χ3v) is 5.27. The maximum atomic E-state index is 12.7. The molecule has 10 nitrogen and oxygen atoms in total. The molecule has 0 aliphatic carbocycles. The van der Waals surface area contributed by atoms with Crippen LogP contribution in [0.3, 0.4) is 0 Å². The Morgan fingerprint density at radius 1 is 1.03 bits per heavy atom. The zero-order valence-electron chi connectivity index (χ0n) is 14.9. The Balaban J connectivity index is 1.68. The third kappa shape index (κ3) is 3.68. The number of aryl methyl sites for hydroxylation is 1. The minimum absolute atomic E-state index is 0.117. The number of azo groups is 1. The first-order valence-corrected chi connectivity index (χ1v) is 10.1. The summed E-state index contributed by atoms with van der Waals surface area (Å²) in [5.74, 6) is 0. The van der Waals surface area contributed by atoms with E-state index in [0.29, 0.717) is 21.8 Å². The van der Waals surface area contributed by atoms with Gasteiger partial charge < -0.3 is 9.97 Å². The molecule has 2 aromatic heterocycles. The van der Waals surface area contributed by atoms with Crippen LogP contribution >= 0.6 is 12.2 Å². The van der Waals surface area contributed by atoms with Crippen molar-refractivity contribution in [3.05, 3.63) is 63.3 Å². The van der Waals surface area contributed by atoms with Crippen LogP contribution < -0.4 is 5.56 Å². The summed E-state index contributed by atoms with van der Waals surface area (Å²) in [6.07, 6.45) is 0. The van der Waals surface area contributed by atoms with Crippen molar-refractivity contribution in [1.82, 2.24) is 19.7 Å². The van der Waals surface area contributed by atoms with E-state index in [4.69, 9.17) is 16.8 Å². The second-order valence-corrected chi connectivity index (χ2v) is 8.03. The number of fused-ring (bicyclic) bond motifs is 1. The minimum Gasteiger partial charge on any atom is -0.331 e. The van der Waals surface area contributed by atoms with Crippen LogP contribution in [-0.4, -0.2) is 32.7 Å². The lowest BCUT2D eigenvalue weighted by atomic mass is 10.3. The Morgan fingerprint density at radius 3 is 2.41 bits per heavy atom. The fourth-order valence-electron chi connectivity index (χ4n) is 2.79. The van der Waals surface area contributed by atoms with Crippen LogP contribution in [-0.2, 0) is 10.1 Å². The van der Waals surface area contributed by atoms with Gasteiger partial charge in [0, 0.05) is 0 Å². The van der Waals surface area contributed by atoms with Crippen molar-refractivity contribution in [2.24, 2.45) is 10.2 Å². The molecule has 12 heteroatoms. The number of hydrogen-bond donors (Lipinski definition) is 4. The summed E-state index contributed by atoms with van der Waals surface area (Å²) in [5.41, 5.74) is 2.68. The van der Waals surface area contributed by atoms with E-state index in [-0.39, 0.29) is 10.6 Å². The Hall–Kier alpha value is -3.35. The maximum absolute atomic E-state index is 12.7. The highest BCUT2D eigenvalue weighted by Crippen LogP contribution is 2.22. The van der Waals surface area contributed by atoms with Crippen LogP contribution in [0.15, 0.2) is 62.4 Å². The first-order chi connectivity index (χ1) is 13.7. The van der Waals surface area contributed by atoms with Gasteiger partial charge in [0.05, 0.1) is 33.0 Å². The molecule has 4 rings (SSSR count). The molecule has 0 unspecified atom stereocenters. The minimum atomic E-state index is -4.31. The molecule has 29 heavy (non-hydrogen) atoms. The van der Waals surface area contributed by atoms with E-state index in [1.807, 2.05) is 0 Å². The predicted octanol–water partition coefficient (Wildman–Crippen LogP) is 3.68. The highest BCUT2D eigenvalue weighted by molar-refractivity contribution is 7.85. The monoisotopic (exact) mass is 430 g/mol. The first kappa shape index (κ1) is 19.0. The lowest BCUT2D eigenvalue weighted by Gasteiger charge is -2.02. The number of aromatic amines is 3. The standard InChI is InChI=1S/C17H14N6O4S2/c1-9-15(21-20-10-2-7-13-14(8-10)19-17(28)18-13)16(24)23(22-9)11-3-5-12(6-4-11)29(25,26)27/h2-8,22H,1H3,(H2,18,19,28)(H,25,26,27). The van der Waals surface area contributed by atoms with E-state index >= 15 is 0 Å². The van der Waals surface area contributed by atoms with Crippen molar-refractivity contribution in [3.63, 3.8) is 0 Å². The van der Waals surface area contributed by atoms with E-state index in [1.165, 1.54) is 28.9 Å². The number of nitrogens with zero attached hydrogens (tertiary/aromatic N) is 3. The van der Waals surface area contributed by atoms with E-state index in [1.54, 1.807) is 25.1 Å². The smallest absolute Gasteiger partial charge is 0.299 e. The molecule has 2 heterocycles. The molecule has 0 atom stereocenters. The van der Waals surface area contributed by atoms with Gasteiger partial charge in [-0.3, -0.25) is 14.4 Å². The maximum Gasteiger partial charge on any atom is 0.299 e. The molecule has 0 saturated heterocycles. The predicted molar refractivity (Wildman–Crippen MR) is 109 cm³/mol. The van der Waals surface area contributed by atoms with Crippen molar-refractivity contribution in [2.75, 3.05) is 0 Å². The fourth-order valence-corrected chi connectivity index (χ4v) is 3.49. The lowest BCUT2D eigenvalue weighted by Crippen LogP contribution is -2.14. The summed E-state index contributed by atoms with van der Waals surface area (Å²) < 4.78 is 33.1. The van der Waals surface area contributed by atoms with Crippen LogP contribution in [0.2, 0.25) is 0 Å². The summed E-state index contributed by atoms with van der Waals surface area (Å²) in [6, 6.07) is 10.5. The normalized spacial score (nSPS) is 12.2. The van der Waals surface area contributed by atoms with E-state index in [0.717, 1.165) is 11.0 Å². The topological polar surface area (TPSA) is 148 Å². The SMILES string of the molecule is Cc1[nH]n(-c2ccc(S(=O)(=O)O)cc2)c(=O)c1N=Nc1ccc2[nH]c(=S)[nH]c2c1. The van der Waals surface area contributed by atoms with Gasteiger partial charge in [-0.25, -0.2) is 4.68 Å². The molecule has 4 aromatic rings. The van der Waals surface area contributed by atoms with Crippen LogP contribution in [0.25, 0.3) is 16.7 Å². The highest BCUT2D eigenvalue weighted by atomic mass is 32.2. The van der Waals surface area contributed by atoms with Gasteiger partial charge in [0.15, 0.2) is 10.5 Å². The zero-order chi connectivity index (χ0) is 20.8. The number of benzene rings is 2. The molecule has 0 spiro atoms. The van der Waals surface area contributed by atoms with Gasteiger partial charge in [0.1, 0.15) is 0 Å². The van der Waals surface area contributed by atoms with Gasteiger partial charge in [-0.05, 0) is 61.6 Å². The van der Waals surface area contributed by atoms with E-state index in [9.17, 15) is 13.2 Å². The zero-order valence-corrected chi connectivity index (χ0v) is 16.5. The fraction of sp³-hybridized carbons (Fsp3) is 0.0588. The molecular weight excluding hydrogens is 416 g/mol. The average Bonchev–Trinajstić information content (AvgIpc) is 3.17. The molecule has 2 aromatic carbocycles. The molecule has 148 valence electrons. The van der Waals surface area contributed by atoms with Crippen molar-refractivity contribution >= 4 is 44.7 Å². The largest absolute Gasteiger partial charge is 0.331 e. The number of imidazole rings is 1. The molecule has 0 saturated carbocycles. The molecule has 4 N–H and O–H groups in total. The molecular formula is C17H14N6O4S2. The molecule has 0 fully saturated rings. The van der Waals surface area contributed by atoms with Crippen LogP contribution in [0.5, 0.6) is 0 Å². The Kier molecular flexibility index (Phi) is 4.53. The molecule has 0 radical (unpaired) electrons. The van der Waals surface area contributed by atoms with E-state index in [2.05, 4.69) is 25.3 Å². The highest BCUT2D eigenvalue weighted by Gasteiger charge is 2.14. The lowest BCUT2D eigenvalue weighted by molar-refractivity contribution is 0.483. The van der Waals surface area contributed by atoms with Crippen molar-refractivity contribution in [2.45, 2.75) is 11.8 Å². The number of aromatic nitrogens is 4. The Morgan fingerprint density at radius 2 is 1.72 bits per heavy atom. The summed E-state index contributed by atoms with van der Waals surface area (Å²) >= 11 is 5.05. The van der Waals surface area contributed by atoms with Gasteiger partial charge in [-0.15, -0.1) is 5.11 Å². The molecule has 0 aliphatic rings. The van der Waals surface area contributed by atoms with Gasteiger partial charge in [0.2, 0.25) is 0 Å². The van der Waals surface area contributed by atoms with Crippen LogP contribution in [0, 0.1) is 11.7 Å². The van der Waals surface area contributed by atoms with E-state index < -0.39 is 15.7 Å². The van der Waals surface area contributed by atoms with Gasteiger partial charge in [-0.1, -0.05) is 0 Å². The number of H-pyrrole nitrogens is 3. The second-order valence-electron chi connectivity index (χ2n) is 6.20. The van der Waals surface area contributed by atoms with Crippen molar-refractivity contribution in [3.8, 4) is 5.69 Å². The van der Waals surface area contributed by atoms with Gasteiger partial charge >= 0.3 is 0 Å². The van der Waals surface area contributed by atoms with Crippen molar-refractivity contribution in [1.29, 1.82) is 0 Å². The number of hydrogen-bond acceptors (Lipinski definition) is 6. The third-order valence-electron chi connectivity index (χ3n) is 4.20. The van der Waals surface area contributed by atoms with Crippen LogP contribution in [0.1, 0.15) is 5.69 Å². The molecule has 0 aliphatic heterocycles.